The molecule has 1 unspecified atom stereocenters. The molecule has 0 saturated carbocycles. The molecule has 0 aromatic heterocycles. The molecule has 0 bridgehead atoms. The SMILES string of the molecule is CN(C)c1ccc(CNC(=O)NCCC(O)c2ccccc2)cc1. The molecular formula is C19H25N3O2. The fraction of sp³-hybridized carbons (Fsp3) is 0.316. The normalized spacial score (nSPS) is 11.6. The number of aliphatic hydroxyl groups is 1. The Hall–Kier alpha value is -2.53. The molecule has 5 heteroatoms. The van der Waals surface area contributed by atoms with Crippen LogP contribution in [0.3, 0.4) is 0 Å². The zero-order valence-electron chi connectivity index (χ0n) is 14.2. The maximum Gasteiger partial charge on any atom is 0.315 e. The van der Waals surface area contributed by atoms with Gasteiger partial charge < -0.3 is 20.6 Å². The lowest BCUT2D eigenvalue weighted by atomic mass is 10.1. The molecule has 1 atom stereocenters. The Labute approximate surface area is 143 Å². The molecule has 5 nitrogen and oxygen atoms in total. The number of hydrogen-bond acceptors (Lipinski definition) is 3. The van der Waals surface area contributed by atoms with Crippen molar-refractivity contribution in [1.29, 1.82) is 0 Å². The lowest BCUT2D eigenvalue weighted by Crippen LogP contribution is -2.36. The van der Waals surface area contributed by atoms with Crippen molar-refractivity contribution in [1.82, 2.24) is 10.6 Å². The van der Waals surface area contributed by atoms with Crippen molar-refractivity contribution in [2.75, 3.05) is 25.5 Å². The van der Waals surface area contributed by atoms with Crippen LogP contribution in [0, 0.1) is 0 Å². The van der Waals surface area contributed by atoms with Gasteiger partial charge in [-0.15, -0.1) is 0 Å². The Balaban J connectivity index is 1.68. The number of rotatable bonds is 7. The summed E-state index contributed by atoms with van der Waals surface area (Å²) < 4.78 is 0. The average Bonchev–Trinajstić information content (AvgIpc) is 2.61. The maximum atomic E-state index is 11.8. The van der Waals surface area contributed by atoms with Crippen LogP contribution in [-0.4, -0.2) is 31.8 Å². The van der Waals surface area contributed by atoms with Crippen LogP contribution in [0.1, 0.15) is 23.7 Å². The molecule has 2 aromatic carbocycles. The van der Waals surface area contributed by atoms with E-state index in [0.717, 1.165) is 16.8 Å². The molecule has 0 aliphatic carbocycles. The summed E-state index contributed by atoms with van der Waals surface area (Å²) in [7, 11) is 3.98. The van der Waals surface area contributed by atoms with Gasteiger partial charge in [-0.1, -0.05) is 42.5 Å². The van der Waals surface area contributed by atoms with E-state index in [9.17, 15) is 9.90 Å². The number of aliphatic hydroxyl groups excluding tert-OH is 1. The minimum Gasteiger partial charge on any atom is -0.388 e. The number of urea groups is 1. The molecule has 2 rings (SSSR count). The first-order valence-electron chi connectivity index (χ1n) is 8.07. The van der Waals surface area contributed by atoms with Crippen LogP contribution in [-0.2, 0) is 6.54 Å². The maximum absolute atomic E-state index is 11.8. The first-order valence-corrected chi connectivity index (χ1v) is 8.07. The van der Waals surface area contributed by atoms with Gasteiger partial charge in [0.25, 0.3) is 0 Å². The Morgan fingerprint density at radius 1 is 1.04 bits per heavy atom. The van der Waals surface area contributed by atoms with Gasteiger partial charge in [-0.25, -0.2) is 4.79 Å². The standard InChI is InChI=1S/C19H25N3O2/c1-22(2)17-10-8-15(9-11-17)14-21-19(24)20-13-12-18(23)16-6-4-3-5-7-16/h3-11,18,23H,12-14H2,1-2H3,(H2,20,21,24). The topological polar surface area (TPSA) is 64.6 Å². The highest BCUT2D eigenvalue weighted by Gasteiger charge is 2.07. The van der Waals surface area contributed by atoms with Gasteiger partial charge in [0.1, 0.15) is 0 Å². The van der Waals surface area contributed by atoms with Gasteiger partial charge in [0.05, 0.1) is 6.10 Å². The van der Waals surface area contributed by atoms with Crippen LogP contribution < -0.4 is 15.5 Å². The number of benzene rings is 2. The van der Waals surface area contributed by atoms with Crippen LogP contribution in [0.25, 0.3) is 0 Å². The third kappa shape index (κ3) is 5.59. The minimum absolute atomic E-state index is 0.230. The summed E-state index contributed by atoms with van der Waals surface area (Å²) in [5.74, 6) is 0. The van der Waals surface area contributed by atoms with Crippen LogP contribution in [0.2, 0.25) is 0 Å². The summed E-state index contributed by atoms with van der Waals surface area (Å²) in [6.07, 6.45) is -0.0836. The van der Waals surface area contributed by atoms with Crippen molar-refractivity contribution in [3.05, 3.63) is 65.7 Å². The van der Waals surface area contributed by atoms with Crippen molar-refractivity contribution < 1.29 is 9.90 Å². The van der Waals surface area contributed by atoms with E-state index in [2.05, 4.69) is 10.6 Å². The van der Waals surface area contributed by atoms with E-state index in [1.807, 2.05) is 73.6 Å². The van der Waals surface area contributed by atoms with E-state index in [0.29, 0.717) is 19.5 Å². The molecule has 3 N–H and O–H groups in total. The van der Waals surface area contributed by atoms with Crippen molar-refractivity contribution in [2.45, 2.75) is 19.1 Å². The average molecular weight is 327 g/mol. The van der Waals surface area contributed by atoms with E-state index in [4.69, 9.17) is 0 Å². The van der Waals surface area contributed by atoms with Gasteiger partial charge in [-0.05, 0) is 29.7 Å². The van der Waals surface area contributed by atoms with E-state index >= 15 is 0 Å². The number of amides is 2. The van der Waals surface area contributed by atoms with E-state index in [1.165, 1.54) is 0 Å². The Morgan fingerprint density at radius 2 is 1.71 bits per heavy atom. The van der Waals surface area contributed by atoms with Gasteiger partial charge in [0.2, 0.25) is 0 Å². The molecule has 0 aliphatic heterocycles. The van der Waals surface area contributed by atoms with Crippen molar-refractivity contribution in [3.8, 4) is 0 Å². The first-order chi connectivity index (χ1) is 11.6. The molecule has 0 heterocycles. The number of nitrogens with one attached hydrogen (secondary N) is 2. The smallest absolute Gasteiger partial charge is 0.315 e. The number of carbonyl (C=O) groups is 1. The van der Waals surface area contributed by atoms with Crippen molar-refractivity contribution >= 4 is 11.7 Å². The molecule has 2 aromatic rings. The predicted octanol–water partition coefficient (Wildman–Crippen LogP) is 2.68. The van der Waals surface area contributed by atoms with Crippen LogP contribution in [0.4, 0.5) is 10.5 Å². The van der Waals surface area contributed by atoms with Gasteiger partial charge >= 0.3 is 6.03 Å². The second-order valence-electron chi connectivity index (χ2n) is 5.89. The second kappa shape index (κ2) is 8.93. The lowest BCUT2D eigenvalue weighted by molar-refractivity contribution is 0.167. The summed E-state index contributed by atoms with van der Waals surface area (Å²) in [4.78, 5) is 13.8. The quantitative estimate of drug-likeness (QED) is 0.732. The fourth-order valence-electron chi connectivity index (χ4n) is 2.32. The Morgan fingerprint density at radius 3 is 2.33 bits per heavy atom. The number of carbonyl (C=O) groups excluding carboxylic acids is 1. The number of anilines is 1. The molecule has 24 heavy (non-hydrogen) atoms. The monoisotopic (exact) mass is 327 g/mol. The molecular weight excluding hydrogens is 302 g/mol. The zero-order chi connectivity index (χ0) is 17.4. The van der Waals surface area contributed by atoms with E-state index in [1.54, 1.807) is 0 Å². The summed E-state index contributed by atoms with van der Waals surface area (Å²) in [6, 6.07) is 17.2. The summed E-state index contributed by atoms with van der Waals surface area (Å²) >= 11 is 0. The van der Waals surface area contributed by atoms with Crippen LogP contribution in [0.15, 0.2) is 54.6 Å². The third-order valence-electron chi connectivity index (χ3n) is 3.79. The highest BCUT2D eigenvalue weighted by molar-refractivity contribution is 5.73. The summed E-state index contributed by atoms with van der Waals surface area (Å²) in [6.45, 7) is 0.891. The van der Waals surface area contributed by atoms with Crippen LogP contribution in [0.5, 0.6) is 0 Å². The molecule has 0 aliphatic rings. The van der Waals surface area contributed by atoms with E-state index in [-0.39, 0.29) is 6.03 Å². The molecule has 128 valence electrons. The fourth-order valence-corrected chi connectivity index (χ4v) is 2.32. The van der Waals surface area contributed by atoms with Gasteiger partial charge in [-0.3, -0.25) is 0 Å². The van der Waals surface area contributed by atoms with Gasteiger partial charge in [0.15, 0.2) is 0 Å². The Bertz CT molecular complexity index is 627. The zero-order valence-corrected chi connectivity index (χ0v) is 14.2. The molecule has 0 spiro atoms. The highest BCUT2D eigenvalue weighted by atomic mass is 16.3. The second-order valence-corrected chi connectivity index (χ2v) is 5.89. The largest absolute Gasteiger partial charge is 0.388 e. The van der Waals surface area contributed by atoms with E-state index < -0.39 is 6.10 Å². The summed E-state index contributed by atoms with van der Waals surface area (Å²) in [5.41, 5.74) is 3.03. The van der Waals surface area contributed by atoms with Crippen molar-refractivity contribution in [2.24, 2.45) is 0 Å². The van der Waals surface area contributed by atoms with Crippen LogP contribution >= 0.6 is 0 Å². The predicted molar refractivity (Wildman–Crippen MR) is 97.0 cm³/mol. The molecule has 0 fully saturated rings. The van der Waals surface area contributed by atoms with Crippen molar-refractivity contribution in [3.63, 3.8) is 0 Å². The van der Waals surface area contributed by atoms with Gasteiger partial charge in [-0.2, -0.15) is 0 Å². The molecule has 2 amide bonds. The lowest BCUT2D eigenvalue weighted by Gasteiger charge is -2.14. The highest BCUT2D eigenvalue weighted by Crippen LogP contribution is 2.15. The minimum atomic E-state index is -0.565. The third-order valence-corrected chi connectivity index (χ3v) is 3.79. The van der Waals surface area contributed by atoms with Gasteiger partial charge in [0, 0.05) is 32.9 Å². The Kier molecular flexibility index (Phi) is 6.63. The molecule has 0 saturated heterocycles. The molecule has 0 radical (unpaired) electrons. The summed E-state index contributed by atoms with van der Waals surface area (Å²) in [5, 5.41) is 15.6. The first kappa shape index (κ1) is 17.8. The number of hydrogen-bond donors (Lipinski definition) is 3. The number of nitrogens with zero attached hydrogens (tertiary/aromatic N) is 1.